The largest absolute Gasteiger partial charge is 0.497 e. The van der Waals surface area contributed by atoms with Crippen LogP contribution in [0.5, 0.6) is 5.75 Å². The average molecular weight is 461 g/mol. The van der Waals surface area contributed by atoms with Crippen LogP contribution in [0.15, 0.2) is 23.2 Å². The van der Waals surface area contributed by atoms with Crippen LogP contribution in [0.25, 0.3) is 0 Å². The summed E-state index contributed by atoms with van der Waals surface area (Å²) in [5, 5.41) is 3.35. The normalized spacial score (nSPS) is 14.0. The van der Waals surface area contributed by atoms with Crippen molar-refractivity contribution < 1.29 is 9.47 Å². The molecule has 0 spiro atoms. The Morgan fingerprint density at radius 1 is 1.32 bits per heavy atom. The Hall–Kier alpha value is -1.02. The Bertz CT molecular complexity index is 547. The maximum Gasteiger partial charge on any atom is 0.194 e. The molecule has 0 bridgehead atoms. The summed E-state index contributed by atoms with van der Waals surface area (Å²) in [5.74, 6) is 2.61. The van der Waals surface area contributed by atoms with E-state index in [4.69, 9.17) is 14.5 Å². The Balaban J connectivity index is 0.00000312. The van der Waals surface area contributed by atoms with Crippen molar-refractivity contribution in [2.24, 2.45) is 10.9 Å². The van der Waals surface area contributed by atoms with Crippen molar-refractivity contribution >= 4 is 29.9 Å². The number of nitrogens with zero attached hydrogens (tertiary/aromatic N) is 2. The first-order valence-electron chi connectivity index (χ1n) is 8.84. The smallest absolute Gasteiger partial charge is 0.194 e. The van der Waals surface area contributed by atoms with Gasteiger partial charge in [-0.05, 0) is 55.9 Å². The van der Waals surface area contributed by atoms with Gasteiger partial charge in [-0.1, -0.05) is 6.07 Å². The van der Waals surface area contributed by atoms with Crippen LogP contribution in [0.4, 0.5) is 0 Å². The fourth-order valence-corrected chi connectivity index (χ4v) is 2.51. The summed E-state index contributed by atoms with van der Waals surface area (Å²) in [6.45, 7) is 8.14. The number of likely N-dealkylation sites (N-methyl/N-ethyl adjacent to an activating group) is 1. The van der Waals surface area contributed by atoms with Gasteiger partial charge in [-0.25, -0.2) is 4.99 Å². The molecule has 0 saturated heterocycles. The summed E-state index contributed by atoms with van der Waals surface area (Å²) in [5.41, 5.74) is 2.34. The van der Waals surface area contributed by atoms with Crippen molar-refractivity contribution in [1.82, 2.24) is 10.2 Å². The summed E-state index contributed by atoms with van der Waals surface area (Å²) in [7, 11) is 3.75. The van der Waals surface area contributed by atoms with Gasteiger partial charge in [-0.15, -0.1) is 24.0 Å². The molecule has 0 aliphatic heterocycles. The van der Waals surface area contributed by atoms with Crippen LogP contribution in [0, 0.1) is 12.8 Å². The number of benzene rings is 1. The lowest BCUT2D eigenvalue weighted by Gasteiger charge is -2.22. The minimum absolute atomic E-state index is 0. The lowest BCUT2D eigenvalue weighted by atomic mass is 10.1. The molecule has 0 atom stereocenters. The maximum atomic E-state index is 5.72. The molecule has 142 valence electrons. The maximum absolute atomic E-state index is 5.72. The van der Waals surface area contributed by atoms with Gasteiger partial charge in [0.25, 0.3) is 0 Å². The van der Waals surface area contributed by atoms with Gasteiger partial charge in [-0.2, -0.15) is 0 Å². The summed E-state index contributed by atoms with van der Waals surface area (Å²) in [6, 6.07) is 6.22. The number of methoxy groups -OCH3 is 1. The van der Waals surface area contributed by atoms with Crippen molar-refractivity contribution in [2.75, 3.05) is 40.5 Å². The number of hydrogen-bond acceptors (Lipinski definition) is 3. The molecule has 1 aliphatic carbocycles. The zero-order chi connectivity index (χ0) is 17.4. The van der Waals surface area contributed by atoms with Gasteiger partial charge in [-0.3, -0.25) is 0 Å². The highest BCUT2D eigenvalue weighted by atomic mass is 127. The van der Waals surface area contributed by atoms with Crippen LogP contribution in [-0.4, -0.2) is 51.3 Å². The highest BCUT2D eigenvalue weighted by Gasteiger charge is 2.21. The zero-order valence-electron chi connectivity index (χ0n) is 15.9. The van der Waals surface area contributed by atoms with Crippen LogP contribution in [-0.2, 0) is 11.3 Å². The fraction of sp³-hybridized carbons (Fsp3) is 0.632. The van der Waals surface area contributed by atoms with Gasteiger partial charge in [0.15, 0.2) is 5.96 Å². The van der Waals surface area contributed by atoms with Crippen LogP contribution in [0.1, 0.15) is 30.9 Å². The van der Waals surface area contributed by atoms with Gasteiger partial charge < -0.3 is 19.7 Å². The van der Waals surface area contributed by atoms with Crippen molar-refractivity contribution in [2.45, 2.75) is 33.2 Å². The molecule has 2 rings (SSSR count). The standard InChI is InChI=1S/C19H31N3O2.HI/c1-5-20-19(22(3)8-9-24-14-16-6-7-16)21-13-17-10-15(2)11-18(12-17)23-4;/h10-12,16H,5-9,13-14H2,1-4H3,(H,20,21);1H. The molecule has 25 heavy (non-hydrogen) atoms. The summed E-state index contributed by atoms with van der Waals surface area (Å²) in [6.07, 6.45) is 2.67. The Morgan fingerprint density at radius 3 is 2.72 bits per heavy atom. The number of aryl methyl sites for hydroxylation is 1. The first kappa shape index (κ1) is 22.0. The average Bonchev–Trinajstić information content (AvgIpc) is 3.39. The van der Waals surface area contributed by atoms with E-state index in [0.29, 0.717) is 6.54 Å². The third-order valence-corrected chi connectivity index (χ3v) is 4.08. The molecule has 0 amide bonds. The van der Waals surface area contributed by atoms with E-state index in [-0.39, 0.29) is 24.0 Å². The first-order valence-corrected chi connectivity index (χ1v) is 8.84. The predicted molar refractivity (Wildman–Crippen MR) is 114 cm³/mol. The van der Waals surface area contributed by atoms with Crippen LogP contribution in [0.3, 0.4) is 0 Å². The second kappa shape index (κ2) is 11.6. The molecule has 5 nitrogen and oxygen atoms in total. The van der Waals surface area contributed by atoms with Crippen molar-refractivity contribution in [3.63, 3.8) is 0 Å². The second-order valence-corrected chi connectivity index (χ2v) is 6.47. The van der Waals surface area contributed by atoms with Crippen LogP contribution >= 0.6 is 24.0 Å². The molecule has 1 aromatic rings. The minimum atomic E-state index is 0. The highest BCUT2D eigenvalue weighted by molar-refractivity contribution is 14.0. The Labute approximate surface area is 169 Å². The van der Waals surface area contributed by atoms with E-state index in [0.717, 1.165) is 49.5 Å². The van der Waals surface area contributed by atoms with Crippen LogP contribution in [0.2, 0.25) is 0 Å². The Kier molecular flexibility index (Phi) is 10.2. The van der Waals surface area contributed by atoms with E-state index < -0.39 is 0 Å². The van der Waals surface area contributed by atoms with Gasteiger partial charge in [0.05, 0.1) is 20.3 Å². The third-order valence-electron chi connectivity index (χ3n) is 4.08. The first-order chi connectivity index (χ1) is 11.6. The lowest BCUT2D eigenvalue weighted by Crippen LogP contribution is -2.40. The highest BCUT2D eigenvalue weighted by Crippen LogP contribution is 2.28. The van der Waals surface area contributed by atoms with Gasteiger partial charge in [0.1, 0.15) is 5.75 Å². The third kappa shape index (κ3) is 8.27. The van der Waals surface area contributed by atoms with E-state index in [9.17, 15) is 0 Å². The van der Waals surface area contributed by atoms with Gasteiger partial charge >= 0.3 is 0 Å². The number of ether oxygens (including phenoxy) is 2. The monoisotopic (exact) mass is 461 g/mol. The molecule has 1 aliphatic rings. The minimum Gasteiger partial charge on any atom is -0.497 e. The number of hydrogen-bond donors (Lipinski definition) is 1. The van der Waals surface area contributed by atoms with Gasteiger partial charge in [0.2, 0.25) is 0 Å². The molecule has 1 fully saturated rings. The van der Waals surface area contributed by atoms with E-state index in [1.165, 1.54) is 18.4 Å². The van der Waals surface area contributed by atoms with E-state index >= 15 is 0 Å². The number of aliphatic imine (C=N–C) groups is 1. The molecule has 1 saturated carbocycles. The fourth-order valence-electron chi connectivity index (χ4n) is 2.51. The summed E-state index contributed by atoms with van der Waals surface area (Å²) < 4.78 is 11.1. The Morgan fingerprint density at radius 2 is 2.08 bits per heavy atom. The molecule has 0 radical (unpaired) electrons. The number of nitrogens with one attached hydrogen (secondary N) is 1. The quantitative estimate of drug-likeness (QED) is 0.265. The summed E-state index contributed by atoms with van der Waals surface area (Å²) >= 11 is 0. The van der Waals surface area contributed by atoms with Crippen molar-refractivity contribution in [3.05, 3.63) is 29.3 Å². The number of rotatable bonds is 9. The molecule has 1 N–H and O–H groups in total. The topological polar surface area (TPSA) is 46.1 Å². The van der Waals surface area contributed by atoms with E-state index in [2.05, 4.69) is 37.2 Å². The van der Waals surface area contributed by atoms with E-state index in [1.807, 2.05) is 12.1 Å². The number of halogens is 1. The molecular weight excluding hydrogens is 429 g/mol. The number of guanidine groups is 1. The molecule has 6 heteroatoms. The molecule has 0 heterocycles. The lowest BCUT2D eigenvalue weighted by molar-refractivity contribution is 0.115. The van der Waals surface area contributed by atoms with Gasteiger partial charge in [0, 0.05) is 26.7 Å². The second-order valence-electron chi connectivity index (χ2n) is 6.47. The summed E-state index contributed by atoms with van der Waals surface area (Å²) in [4.78, 5) is 6.88. The molecule has 1 aromatic carbocycles. The van der Waals surface area contributed by atoms with Crippen molar-refractivity contribution in [1.29, 1.82) is 0 Å². The zero-order valence-corrected chi connectivity index (χ0v) is 18.2. The van der Waals surface area contributed by atoms with Crippen LogP contribution < -0.4 is 10.1 Å². The molecule has 0 aromatic heterocycles. The SMILES string of the molecule is CCNC(=NCc1cc(C)cc(OC)c1)N(C)CCOCC1CC1.I. The molecule has 0 unspecified atom stereocenters. The van der Waals surface area contributed by atoms with Crippen molar-refractivity contribution in [3.8, 4) is 5.75 Å². The molecular formula is C19H32IN3O2. The van der Waals surface area contributed by atoms with E-state index in [1.54, 1.807) is 7.11 Å². The predicted octanol–water partition coefficient (Wildman–Crippen LogP) is 3.45.